The lowest BCUT2D eigenvalue weighted by Crippen LogP contribution is -2.51. The van der Waals surface area contributed by atoms with Gasteiger partial charge >= 0.3 is 5.76 Å². The minimum atomic E-state index is -0.637. The third-order valence-corrected chi connectivity index (χ3v) is 8.05. The molecule has 2 aliphatic rings. The summed E-state index contributed by atoms with van der Waals surface area (Å²) in [4.78, 5) is 31.2. The van der Waals surface area contributed by atoms with Crippen LogP contribution in [0.15, 0.2) is 33.8 Å². The van der Waals surface area contributed by atoms with Gasteiger partial charge in [-0.2, -0.15) is 0 Å². The van der Waals surface area contributed by atoms with E-state index in [4.69, 9.17) is 30.8 Å². The van der Waals surface area contributed by atoms with Gasteiger partial charge in [-0.3, -0.25) is 14.5 Å². The second-order valence-corrected chi connectivity index (χ2v) is 11.3. The maximum absolute atomic E-state index is 11.7. The smallest absolute Gasteiger partial charge is 0.377 e. The van der Waals surface area contributed by atoms with Crippen molar-refractivity contribution >= 4 is 28.6 Å². The largest absolute Gasteiger partial charge is 0.439 e. The fraction of sp³-hybridized carbons (Fsp3) is 0.519. The molecule has 4 aromatic heterocycles. The van der Waals surface area contributed by atoms with E-state index in [9.17, 15) is 4.79 Å². The minimum Gasteiger partial charge on any atom is -0.377 e. The number of pyridine rings is 2. The second-order valence-electron chi connectivity index (χ2n) is 10.9. The van der Waals surface area contributed by atoms with E-state index in [1.54, 1.807) is 12.4 Å². The molecule has 0 unspecified atom stereocenters. The lowest BCUT2D eigenvalue weighted by molar-refractivity contribution is 0.0741. The molecular formula is C27H32ClN7O3. The molecule has 6 rings (SSSR count). The molecule has 0 aromatic carbocycles. The number of imidazole rings is 1. The molecule has 1 N–H and O–H groups in total. The third kappa shape index (κ3) is 4.71. The van der Waals surface area contributed by atoms with Crippen LogP contribution < -0.4 is 10.7 Å². The highest BCUT2D eigenvalue weighted by molar-refractivity contribution is 6.30. The van der Waals surface area contributed by atoms with Gasteiger partial charge in [0.15, 0.2) is 0 Å². The molecule has 1 aliphatic carbocycles. The monoisotopic (exact) mass is 537 g/mol. The van der Waals surface area contributed by atoms with Crippen molar-refractivity contribution in [3.8, 4) is 22.8 Å². The number of rotatable bonds is 5. The summed E-state index contributed by atoms with van der Waals surface area (Å²) < 4.78 is 13.0. The van der Waals surface area contributed by atoms with Crippen LogP contribution in [-0.2, 0) is 11.3 Å². The van der Waals surface area contributed by atoms with E-state index in [2.05, 4.69) is 45.4 Å². The highest BCUT2D eigenvalue weighted by Crippen LogP contribution is 2.38. The Balaban J connectivity index is 1.59. The number of halogens is 1. The number of nitrogens with one attached hydrogen (secondary N) is 1. The zero-order valence-electron chi connectivity index (χ0n) is 21.9. The van der Waals surface area contributed by atoms with Gasteiger partial charge in [-0.05, 0) is 50.7 Å². The van der Waals surface area contributed by atoms with Gasteiger partial charge in [0.2, 0.25) is 11.8 Å². The zero-order chi connectivity index (χ0) is 26.4. The summed E-state index contributed by atoms with van der Waals surface area (Å²) in [5.74, 6) is 1.84. The number of H-pyrrole nitrogens is 1. The Bertz CT molecular complexity index is 1490. The molecule has 2 fully saturated rings. The maximum Gasteiger partial charge on any atom is 0.439 e. The Labute approximate surface area is 225 Å². The van der Waals surface area contributed by atoms with Crippen LogP contribution in [0, 0.1) is 11.8 Å². The van der Waals surface area contributed by atoms with Crippen LogP contribution in [0.5, 0.6) is 0 Å². The average Bonchev–Trinajstić information content (AvgIpc) is 3.48. The Kier molecular flexibility index (Phi) is 6.69. The predicted molar refractivity (Wildman–Crippen MR) is 145 cm³/mol. The summed E-state index contributed by atoms with van der Waals surface area (Å²) in [6.07, 6.45) is 8.21. The van der Waals surface area contributed by atoms with Crippen LogP contribution in [0.2, 0.25) is 5.02 Å². The highest BCUT2D eigenvalue weighted by atomic mass is 35.5. The van der Waals surface area contributed by atoms with Gasteiger partial charge < -0.3 is 14.2 Å². The van der Waals surface area contributed by atoms with Crippen LogP contribution in [0.25, 0.3) is 33.8 Å². The molecule has 0 spiro atoms. The Morgan fingerprint density at radius 2 is 1.82 bits per heavy atom. The minimum absolute atomic E-state index is 0.163. The van der Waals surface area contributed by atoms with Crippen LogP contribution in [0.3, 0.4) is 0 Å². The number of hydrogen-bond donors (Lipinski definition) is 1. The Morgan fingerprint density at radius 3 is 2.50 bits per heavy atom. The normalized spacial score (nSPS) is 24.3. The molecule has 0 bridgehead atoms. The summed E-state index contributed by atoms with van der Waals surface area (Å²) in [5.41, 5.74) is 3.60. The number of hydrogen-bond acceptors (Lipinski definition) is 8. The molecule has 38 heavy (non-hydrogen) atoms. The summed E-state index contributed by atoms with van der Waals surface area (Å²) in [5, 5.41) is 4.39. The first kappa shape index (κ1) is 25.1. The fourth-order valence-corrected chi connectivity index (χ4v) is 6.06. The van der Waals surface area contributed by atoms with Gasteiger partial charge in [0.25, 0.3) is 0 Å². The van der Waals surface area contributed by atoms with Crippen molar-refractivity contribution in [1.29, 1.82) is 0 Å². The van der Waals surface area contributed by atoms with E-state index in [1.165, 1.54) is 25.7 Å². The molecule has 2 atom stereocenters. The molecule has 11 heteroatoms. The van der Waals surface area contributed by atoms with Crippen molar-refractivity contribution < 1.29 is 9.26 Å². The van der Waals surface area contributed by atoms with Crippen molar-refractivity contribution in [2.45, 2.75) is 65.1 Å². The summed E-state index contributed by atoms with van der Waals surface area (Å²) in [7, 11) is 0. The van der Waals surface area contributed by atoms with Crippen molar-refractivity contribution in [3.63, 3.8) is 0 Å². The molecule has 0 radical (unpaired) electrons. The first-order chi connectivity index (χ1) is 18.4. The van der Waals surface area contributed by atoms with E-state index in [-0.39, 0.29) is 17.9 Å². The number of aromatic nitrogens is 6. The van der Waals surface area contributed by atoms with Gasteiger partial charge in [0.1, 0.15) is 5.69 Å². The van der Waals surface area contributed by atoms with Crippen molar-refractivity contribution in [2.75, 3.05) is 18.1 Å². The Hall–Kier alpha value is -3.24. The maximum atomic E-state index is 11.7. The molecule has 5 heterocycles. The molecule has 10 nitrogen and oxygen atoms in total. The van der Waals surface area contributed by atoms with E-state index in [1.807, 2.05) is 12.1 Å². The molecule has 0 amide bonds. The van der Waals surface area contributed by atoms with Crippen molar-refractivity contribution in [2.24, 2.45) is 11.8 Å². The molecular weight excluding hydrogens is 506 g/mol. The van der Waals surface area contributed by atoms with E-state index < -0.39 is 5.76 Å². The summed E-state index contributed by atoms with van der Waals surface area (Å²) in [6.45, 7) is 8.82. The predicted octanol–water partition coefficient (Wildman–Crippen LogP) is 4.93. The average molecular weight is 538 g/mol. The molecule has 4 aromatic rings. The molecule has 1 saturated heterocycles. The standard InChI is InChI=1S/C27H32ClN7O3/c1-15-4-6-18(7-5-15)12-34-24-21(31-26(34)35-16(2)13-37-14-17(35)3)9-22(25-32-27(36)38-33-25)30-23(24)19-8-20(28)11-29-10-19/h8-11,15-18H,4-7,12-14H2,1-3H3,(H,32,33,36)/t15?,16-,17-,18?/m0/s1. The number of nitrogens with zero attached hydrogens (tertiary/aromatic N) is 6. The zero-order valence-corrected chi connectivity index (χ0v) is 22.6. The number of anilines is 1. The SMILES string of the molecule is CC1CCC(Cn2c(N3[C@@H](C)COC[C@@H]3C)nc3cc(-c4noc(=O)[nH]4)nc(-c4cncc(Cl)c4)c32)CC1. The van der Waals surface area contributed by atoms with Crippen LogP contribution in [0.4, 0.5) is 5.95 Å². The van der Waals surface area contributed by atoms with E-state index in [0.717, 1.165) is 35.0 Å². The fourth-order valence-electron chi connectivity index (χ4n) is 5.89. The molecule has 1 saturated carbocycles. The van der Waals surface area contributed by atoms with Crippen LogP contribution in [0.1, 0.15) is 46.5 Å². The van der Waals surface area contributed by atoms with Gasteiger partial charge in [0, 0.05) is 24.5 Å². The summed E-state index contributed by atoms with van der Waals surface area (Å²) >= 11 is 6.37. The van der Waals surface area contributed by atoms with Crippen LogP contribution in [-0.4, -0.2) is 55.0 Å². The van der Waals surface area contributed by atoms with Gasteiger partial charge in [-0.1, -0.05) is 36.5 Å². The second kappa shape index (κ2) is 10.1. The van der Waals surface area contributed by atoms with Gasteiger partial charge in [-0.15, -0.1) is 0 Å². The van der Waals surface area contributed by atoms with Gasteiger partial charge in [0.05, 0.1) is 47.0 Å². The Morgan fingerprint density at radius 1 is 1.05 bits per heavy atom. The van der Waals surface area contributed by atoms with Crippen LogP contribution >= 0.6 is 11.6 Å². The lowest BCUT2D eigenvalue weighted by Gasteiger charge is -2.40. The summed E-state index contributed by atoms with van der Waals surface area (Å²) in [6, 6.07) is 4.04. The number of ether oxygens (including phenoxy) is 1. The van der Waals surface area contributed by atoms with E-state index in [0.29, 0.717) is 35.5 Å². The first-order valence-electron chi connectivity index (χ1n) is 13.3. The molecule has 200 valence electrons. The number of morpholine rings is 1. The first-order valence-corrected chi connectivity index (χ1v) is 13.7. The van der Waals surface area contributed by atoms with Crippen molar-refractivity contribution in [1.82, 2.24) is 29.7 Å². The molecule has 1 aliphatic heterocycles. The number of fused-ring (bicyclic) bond motifs is 1. The van der Waals surface area contributed by atoms with Crippen molar-refractivity contribution in [3.05, 3.63) is 40.1 Å². The number of aromatic amines is 1. The lowest BCUT2D eigenvalue weighted by atomic mass is 9.83. The quantitative estimate of drug-likeness (QED) is 0.381. The third-order valence-electron chi connectivity index (χ3n) is 7.84. The topological polar surface area (TPSA) is 115 Å². The highest BCUT2D eigenvalue weighted by Gasteiger charge is 2.32. The van der Waals surface area contributed by atoms with Gasteiger partial charge in [-0.25, -0.2) is 14.8 Å². The van der Waals surface area contributed by atoms with E-state index >= 15 is 0 Å².